The van der Waals surface area contributed by atoms with Crippen LogP contribution in [0.1, 0.15) is 25.8 Å². The maximum absolute atomic E-state index is 12.4. The molecular formula is C21H23BrN2O6S. The molecule has 2 aromatic carbocycles. The molecule has 31 heavy (non-hydrogen) atoms. The Kier molecular flexibility index (Phi) is 8.76. The molecule has 0 saturated heterocycles. The average molecular weight is 511 g/mol. The van der Waals surface area contributed by atoms with E-state index in [1.165, 1.54) is 31.2 Å². The van der Waals surface area contributed by atoms with Gasteiger partial charge in [0.2, 0.25) is 5.91 Å². The van der Waals surface area contributed by atoms with E-state index < -0.39 is 34.1 Å². The number of ether oxygens (including phenoxy) is 1. The van der Waals surface area contributed by atoms with E-state index in [0.717, 1.165) is 10.0 Å². The second-order valence-corrected chi connectivity index (χ2v) is 9.66. The first-order valence-corrected chi connectivity index (χ1v) is 11.9. The molecule has 0 fully saturated rings. The van der Waals surface area contributed by atoms with Gasteiger partial charge in [0.15, 0.2) is 16.4 Å². The van der Waals surface area contributed by atoms with Crippen LogP contribution in [0, 0.1) is 0 Å². The number of halogens is 1. The highest BCUT2D eigenvalue weighted by molar-refractivity contribution is 9.10. The molecule has 0 aliphatic heterocycles. The molecule has 166 valence electrons. The molecule has 2 N–H and O–H groups in total. The number of hydrogen-bond acceptors (Lipinski definition) is 6. The van der Waals surface area contributed by atoms with Crippen molar-refractivity contribution >= 4 is 54.9 Å². The van der Waals surface area contributed by atoms with Crippen LogP contribution < -0.4 is 10.6 Å². The Morgan fingerprint density at radius 2 is 1.71 bits per heavy atom. The molecule has 0 heterocycles. The van der Waals surface area contributed by atoms with Gasteiger partial charge in [-0.2, -0.15) is 0 Å². The van der Waals surface area contributed by atoms with Crippen LogP contribution in [-0.2, 0) is 35.4 Å². The summed E-state index contributed by atoms with van der Waals surface area (Å²) in [7, 11) is -3.72. The summed E-state index contributed by atoms with van der Waals surface area (Å²) >= 11 is 3.37. The van der Waals surface area contributed by atoms with Crippen LogP contribution in [-0.4, -0.2) is 38.6 Å². The fourth-order valence-electron chi connectivity index (χ4n) is 2.67. The number of sulfone groups is 1. The van der Waals surface area contributed by atoms with Crippen molar-refractivity contribution in [1.29, 1.82) is 0 Å². The summed E-state index contributed by atoms with van der Waals surface area (Å²) in [5, 5.41) is 5.22. The zero-order valence-electron chi connectivity index (χ0n) is 17.1. The second-order valence-electron chi connectivity index (χ2n) is 6.64. The average Bonchev–Trinajstić information content (AvgIpc) is 2.72. The van der Waals surface area contributed by atoms with Gasteiger partial charge in [-0.15, -0.1) is 0 Å². The van der Waals surface area contributed by atoms with Gasteiger partial charge in [-0.05, 0) is 54.4 Å². The van der Waals surface area contributed by atoms with Crippen molar-refractivity contribution in [2.24, 2.45) is 0 Å². The zero-order valence-corrected chi connectivity index (χ0v) is 19.5. The summed E-state index contributed by atoms with van der Waals surface area (Å²) in [6, 6.07) is 11.0. The maximum atomic E-state index is 12.4. The van der Waals surface area contributed by atoms with Gasteiger partial charge in [-0.25, -0.2) is 8.42 Å². The van der Waals surface area contributed by atoms with Crippen LogP contribution in [0.3, 0.4) is 0 Å². The molecule has 0 bridgehead atoms. The first-order valence-electron chi connectivity index (χ1n) is 9.45. The second kappa shape index (κ2) is 11.1. The van der Waals surface area contributed by atoms with Gasteiger partial charge in [-0.1, -0.05) is 22.9 Å². The number of esters is 1. The number of amides is 2. The van der Waals surface area contributed by atoms with E-state index >= 15 is 0 Å². The largest absolute Gasteiger partial charge is 0.456 e. The van der Waals surface area contributed by atoms with E-state index in [2.05, 4.69) is 26.6 Å². The van der Waals surface area contributed by atoms with Gasteiger partial charge in [0, 0.05) is 22.8 Å². The van der Waals surface area contributed by atoms with Gasteiger partial charge >= 0.3 is 5.97 Å². The Morgan fingerprint density at radius 3 is 2.32 bits per heavy atom. The summed E-state index contributed by atoms with van der Waals surface area (Å²) in [5.41, 5.74) is 2.01. The summed E-state index contributed by atoms with van der Waals surface area (Å²) in [4.78, 5) is 35.0. The van der Waals surface area contributed by atoms with Crippen LogP contribution in [0.2, 0.25) is 0 Å². The Morgan fingerprint density at radius 1 is 1.03 bits per heavy atom. The van der Waals surface area contributed by atoms with Crippen LogP contribution in [0.15, 0.2) is 51.8 Å². The number of benzene rings is 2. The molecule has 0 aliphatic carbocycles. The van der Waals surface area contributed by atoms with Crippen molar-refractivity contribution in [2.45, 2.75) is 31.6 Å². The predicted molar refractivity (Wildman–Crippen MR) is 121 cm³/mol. The van der Waals surface area contributed by atoms with E-state index in [1.807, 2.05) is 13.0 Å². The van der Waals surface area contributed by atoms with Gasteiger partial charge in [0.25, 0.3) is 5.91 Å². The molecule has 0 atom stereocenters. The van der Waals surface area contributed by atoms with Crippen molar-refractivity contribution < 1.29 is 27.5 Å². The Hall–Kier alpha value is -2.72. The first-order chi connectivity index (χ1) is 14.6. The molecule has 0 spiro atoms. The van der Waals surface area contributed by atoms with Crippen LogP contribution in [0.25, 0.3) is 0 Å². The number of hydrogen-bond donors (Lipinski definition) is 2. The lowest BCUT2D eigenvalue weighted by molar-refractivity contribution is -0.146. The molecule has 0 aromatic heterocycles. The molecule has 2 aromatic rings. The Labute approximate surface area is 189 Å². The lowest BCUT2D eigenvalue weighted by Crippen LogP contribution is -2.22. The summed E-state index contributed by atoms with van der Waals surface area (Å²) in [6.07, 6.45) is 0.319. The number of carbonyl (C=O) groups excluding carboxylic acids is 3. The fourth-order valence-corrected chi connectivity index (χ4v) is 4.30. The van der Waals surface area contributed by atoms with E-state index in [1.54, 1.807) is 12.1 Å². The SMILES string of the molecule is CCc1cc(Br)ccc1NC(=O)COC(=O)CCS(=O)(=O)c1ccc(NC(C)=O)cc1. The first kappa shape index (κ1) is 24.5. The number of carbonyl (C=O) groups is 3. The smallest absolute Gasteiger partial charge is 0.307 e. The highest BCUT2D eigenvalue weighted by Gasteiger charge is 2.18. The summed E-state index contributed by atoms with van der Waals surface area (Å²) in [6.45, 7) is 2.78. The maximum Gasteiger partial charge on any atom is 0.307 e. The number of aryl methyl sites for hydroxylation is 1. The van der Waals surface area contributed by atoms with Crippen molar-refractivity contribution in [3.8, 4) is 0 Å². The molecule has 0 saturated carbocycles. The molecule has 8 nitrogen and oxygen atoms in total. The number of rotatable bonds is 9. The highest BCUT2D eigenvalue weighted by Crippen LogP contribution is 2.21. The Bertz CT molecular complexity index is 1070. The standard InChI is InChI=1S/C21H23BrN2O6S/c1-3-15-12-16(22)4-9-19(15)24-20(26)13-30-21(27)10-11-31(28,29)18-7-5-17(6-8-18)23-14(2)25/h4-9,12H,3,10-11,13H2,1-2H3,(H,23,25)(H,24,26). The quantitative estimate of drug-likeness (QED) is 0.499. The van der Waals surface area contributed by atoms with Crippen molar-refractivity contribution in [1.82, 2.24) is 0 Å². The van der Waals surface area contributed by atoms with Crippen LogP contribution in [0.5, 0.6) is 0 Å². The minimum atomic E-state index is -3.72. The molecular weight excluding hydrogens is 488 g/mol. The zero-order chi connectivity index (χ0) is 23.0. The van der Waals surface area contributed by atoms with E-state index in [0.29, 0.717) is 17.8 Å². The summed E-state index contributed by atoms with van der Waals surface area (Å²) < 4.78 is 30.5. The van der Waals surface area contributed by atoms with Crippen molar-refractivity contribution in [2.75, 3.05) is 23.0 Å². The van der Waals surface area contributed by atoms with Gasteiger partial charge in [0.05, 0.1) is 17.1 Å². The number of anilines is 2. The lowest BCUT2D eigenvalue weighted by atomic mass is 10.1. The minimum absolute atomic E-state index is 0.0227. The molecule has 0 aliphatic rings. The van der Waals surface area contributed by atoms with Gasteiger partial charge in [0.1, 0.15) is 0 Å². The molecule has 2 rings (SSSR count). The van der Waals surface area contributed by atoms with E-state index in [9.17, 15) is 22.8 Å². The third-order valence-corrected chi connectivity index (χ3v) is 6.42. The van der Waals surface area contributed by atoms with Crippen LogP contribution in [0.4, 0.5) is 11.4 Å². The van der Waals surface area contributed by atoms with Gasteiger partial charge in [-0.3, -0.25) is 14.4 Å². The van der Waals surface area contributed by atoms with Crippen molar-refractivity contribution in [3.63, 3.8) is 0 Å². The third-order valence-electron chi connectivity index (χ3n) is 4.20. The minimum Gasteiger partial charge on any atom is -0.456 e. The molecule has 0 radical (unpaired) electrons. The third kappa shape index (κ3) is 7.80. The van der Waals surface area contributed by atoms with Crippen molar-refractivity contribution in [3.05, 3.63) is 52.5 Å². The topological polar surface area (TPSA) is 119 Å². The predicted octanol–water partition coefficient (Wildman–Crippen LogP) is 3.32. The molecule has 0 unspecified atom stereocenters. The number of nitrogens with one attached hydrogen (secondary N) is 2. The normalized spacial score (nSPS) is 10.9. The molecule has 10 heteroatoms. The highest BCUT2D eigenvalue weighted by atomic mass is 79.9. The monoisotopic (exact) mass is 510 g/mol. The van der Waals surface area contributed by atoms with E-state index in [4.69, 9.17) is 4.74 Å². The molecule has 2 amide bonds. The van der Waals surface area contributed by atoms with E-state index in [-0.39, 0.29) is 17.2 Å². The van der Waals surface area contributed by atoms with Crippen LogP contribution >= 0.6 is 15.9 Å². The lowest BCUT2D eigenvalue weighted by Gasteiger charge is -2.11. The van der Waals surface area contributed by atoms with Gasteiger partial charge < -0.3 is 15.4 Å². The fraction of sp³-hybridized carbons (Fsp3) is 0.286. The Balaban J connectivity index is 1.84. The summed E-state index contributed by atoms with van der Waals surface area (Å²) in [5.74, 6) is -2.03.